The van der Waals surface area contributed by atoms with Gasteiger partial charge in [-0.05, 0) is 54.1 Å². The molecule has 2 aromatic carbocycles. The molecule has 152 valence electrons. The van der Waals surface area contributed by atoms with Gasteiger partial charge in [-0.15, -0.1) is 10.2 Å². The highest BCUT2D eigenvalue weighted by Gasteiger charge is 2.12. The molecule has 0 bridgehead atoms. The van der Waals surface area contributed by atoms with Gasteiger partial charge >= 0.3 is 11.7 Å². The van der Waals surface area contributed by atoms with Crippen LogP contribution in [0.5, 0.6) is 0 Å². The lowest BCUT2D eigenvalue weighted by Crippen LogP contribution is -2.13. The van der Waals surface area contributed by atoms with Crippen molar-refractivity contribution < 1.29 is 13.9 Å². The number of hydrogen-bond donors (Lipinski definition) is 1. The first kappa shape index (κ1) is 19.8. The number of nitrogens with one attached hydrogen (secondary N) is 1. The quantitative estimate of drug-likeness (QED) is 0.442. The van der Waals surface area contributed by atoms with Crippen LogP contribution in [0.1, 0.15) is 12.5 Å². The Kier molecular flexibility index (Phi) is 5.57. The lowest BCUT2D eigenvalue weighted by molar-refractivity contribution is 0.168. The van der Waals surface area contributed by atoms with E-state index in [1.807, 2.05) is 24.3 Å². The zero-order valence-corrected chi connectivity index (χ0v) is 17.4. The molecule has 0 spiro atoms. The molecule has 0 saturated carbocycles. The smallest absolute Gasteiger partial charge is 0.411 e. The van der Waals surface area contributed by atoms with Gasteiger partial charge in [0.1, 0.15) is 5.58 Å². The molecule has 30 heavy (non-hydrogen) atoms. The van der Waals surface area contributed by atoms with Crippen LogP contribution < -0.4 is 10.9 Å². The number of rotatable bonds is 5. The number of aromatic nitrogens is 4. The first-order valence-corrected chi connectivity index (χ1v) is 9.85. The summed E-state index contributed by atoms with van der Waals surface area (Å²) in [6.45, 7) is 2.20. The second kappa shape index (κ2) is 8.46. The van der Waals surface area contributed by atoms with Gasteiger partial charge in [-0.2, -0.15) is 4.80 Å². The van der Waals surface area contributed by atoms with Crippen LogP contribution in [0.3, 0.4) is 0 Å². The molecular formula is C20H16BrN5O4. The van der Waals surface area contributed by atoms with Crippen molar-refractivity contribution in [1.29, 1.82) is 0 Å². The number of hydrogen-bond acceptors (Lipinski definition) is 7. The highest BCUT2D eigenvalue weighted by molar-refractivity contribution is 9.10. The van der Waals surface area contributed by atoms with Crippen molar-refractivity contribution in [3.05, 3.63) is 69.0 Å². The number of halogens is 1. The Morgan fingerprint density at radius 3 is 2.77 bits per heavy atom. The maximum atomic E-state index is 12.0. The van der Waals surface area contributed by atoms with Gasteiger partial charge in [0.25, 0.3) is 0 Å². The van der Waals surface area contributed by atoms with Crippen LogP contribution in [0.2, 0.25) is 0 Å². The molecule has 0 aliphatic carbocycles. The summed E-state index contributed by atoms with van der Waals surface area (Å²) in [5, 5.41) is 15.8. The van der Waals surface area contributed by atoms with E-state index in [2.05, 4.69) is 36.7 Å². The highest BCUT2D eigenvalue weighted by Crippen LogP contribution is 2.22. The first-order valence-electron chi connectivity index (χ1n) is 9.06. The topological polar surface area (TPSA) is 112 Å². The molecule has 0 saturated heterocycles. The molecule has 4 rings (SSSR count). The minimum Gasteiger partial charge on any atom is -0.450 e. The summed E-state index contributed by atoms with van der Waals surface area (Å²) < 4.78 is 11.1. The van der Waals surface area contributed by atoms with E-state index in [0.717, 1.165) is 10.0 Å². The maximum absolute atomic E-state index is 12.0. The number of fused-ring (bicyclic) bond motifs is 1. The third-order valence-corrected chi connectivity index (χ3v) is 4.75. The Hall–Kier alpha value is -3.53. The summed E-state index contributed by atoms with van der Waals surface area (Å²) in [5.74, 6) is 0.482. The van der Waals surface area contributed by atoms with Crippen molar-refractivity contribution >= 4 is 38.7 Å². The third kappa shape index (κ3) is 4.38. The molecule has 1 amide bonds. The van der Waals surface area contributed by atoms with Crippen LogP contribution in [0.4, 0.5) is 10.5 Å². The molecule has 0 fully saturated rings. The number of ether oxygens (including phenoxy) is 1. The van der Waals surface area contributed by atoms with E-state index in [1.54, 1.807) is 25.1 Å². The lowest BCUT2D eigenvalue weighted by atomic mass is 10.1. The predicted molar refractivity (Wildman–Crippen MR) is 113 cm³/mol. The summed E-state index contributed by atoms with van der Waals surface area (Å²) in [6.07, 6.45) is -0.581. The first-order chi connectivity index (χ1) is 14.5. The Morgan fingerprint density at radius 2 is 2.00 bits per heavy atom. The van der Waals surface area contributed by atoms with Gasteiger partial charge in [0.05, 0.1) is 13.2 Å². The van der Waals surface area contributed by atoms with Crippen molar-refractivity contribution in [2.24, 2.45) is 0 Å². The van der Waals surface area contributed by atoms with Gasteiger partial charge in [-0.25, -0.2) is 9.59 Å². The minimum absolute atomic E-state index is 0.232. The largest absolute Gasteiger partial charge is 0.450 e. The van der Waals surface area contributed by atoms with Gasteiger partial charge in [0.15, 0.2) is 0 Å². The molecule has 2 aromatic heterocycles. The Morgan fingerprint density at radius 1 is 1.20 bits per heavy atom. The van der Waals surface area contributed by atoms with E-state index in [4.69, 9.17) is 9.15 Å². The molecule has 0 aliphatic rings. The molecular weight excluding hydrogens is 454 g/mol. The average Bonchev–Trinajstić information content (AvgIpc) is 3.17. The highest BCUT2D eigenvalue weighted by atomic mass is 79.9. The SMILES string of the molecule is CCOC(=O)Nc1ccc2c(Cn3nnc(-c4ccc(Br)cc4)n3)cc(=O)oc2c1. The number of carbonyl (C=O) groups is 1. The Balaban J connectivity index is 1.62. The monoisotopic (exact) mass is 469 g/mol. The molecule has 10 heteroatoms. The van der Waals surface area contributed by atoms with Crippen LogP contribution in [-0.2, 0) is 11.3 Å². The number of carbonyl (C=O) groups excluding carboxylic acids is 1. The van der Waals surface area contributed by atoms with E-state index in [9.17, 15) is 9.59 Å². The summed E-state index contributed by atoms with van der Waals surface area (Å²) >= 11 is 3.39. The fourth-order valence-electron chi connectivity index (χ4n) is 2.90. The molecule has 4 aromatic rings. The van der Waals surface area contributed by atoms with Crippen molar-refractivity contribution in [3.8, 4) is 11.4 Å². The summed E-state index contributed by atoms with van der Waals surface area (Å²) in [7, 11) is 0. The van der Waals surface area contributed by atoms with Crippen molar-refractivity contribution in [2.45, 2.75) is 13.5 Å². The fraction of sp³-hybridized carbons (Fsp3) is 0.150. The number of amides is 1. The van der Waals surface area contributed by atoms with Crippen LogP contribution in [0, 0.1) is 0 Å². The van der Waals surface area contributed by atoms with Gasteiger partial charge < -0.3 is 9.15 Å². The van der Waals surface area contributed by atoms with Gasteiger partial charge in [0, 0.05) is 33.2 Å². The second-order valence-corrected chi connectivity index (χ2v) is 7.21. The maximum Gasteiger partial charge on any atom is 0.411 e. The number of benzene rings is 2. The van der Waals surface area contributed by atoms with Crippen molar-refractivity contribution in [3.63, 3.8) is 0 Å². The van der Waals surface area contributed by atoms with E-state index in [0.29, 0.717) is 28.0 Å². The van der Waals surface area contributed by atoms with Crippen LogP contribution in [0.25, 0.3) is 22.4 Å². The third-order valence-electron chi connectivity index (χ3n) is 4.22. The summed E-state index contributed by atoms with van der Waals surface area (Å²) in [4.78, 5) is 25.1. The number of tetrazole rings is 1. The molecule has 0 atom stereocenters. The predicted octanol–water partition coefficient (Wildman–Crippen LogP) is 3.83. The normalized spacial score (nSPS) is 10.9. The summed E-state index contributed by atoms with van der Waals surface area (Å²) in [6, 6.07) is 14.0. The molecule has 0 radical (unpaired) electrons. The van der Waals surface area contributed by atoms with E-state index in [-0.39, 0.29) is 13.2 Å². The van der Waals surface area contributed by atoms with E-state index >= 15 is 0 Å². The van der Waals surface area contributed by atoms with Crippen molar-refractivity contribution in [1.82, 2.24) is 20.2 Å². The van der Waals surface area contributed by atoms with Crippen LogP contribution >= 0.6 is 15.9 Å². The van der Waals surface area contributed by atoms with E-state index in [1.165, 1.54) is 10.9 Å². The molecule has 2 heterocycles. The van der Waals surface area contributed by atoms with E-state index < -0.39 is 11.7 Å². The molecule has 0 aliphatic heterocycles. The zero-order valence-electron chi connectivity index (χ0n) is 15.8. The van der Waals surface area contributed by atoms with Gasteiger partial charge in [-0.3, -0.25) is 5.32 Å². The lowest BCUT2D eigenvalue weighted by Gasteiger charge is -2.08. The van der Waals surface area contributed by atoms with Crippen molar-refractivity contribution in [2.75, 3.05) is 11.9 Å². The molecule has 1 N–H and O–H groups in total. The molecule has 9 nitrogen and oxygen atoms in total. The zero-order chi connectivity index (χ0) is 21.1. The second-order valence-electron chi connectivity index (χ2n) is 6.30. The fourth-order valence-corrected chi connectivity index (χ4v) is 3.16. The van der Waals surface area contributed by atoms with Gasteiger partial charge in [-0.1, -0.05) is 15.9 Å². The number of anilines is 1. The summed E-state index contributed by atoms with van der Waals surface area (Å²) in [5.41, 5.74) is 1.77. The number of nitrogens with zero attached hydrogens (tertiary/aromatic N) is 4. The Bertz CT molecular complexity index is 1270. The van der Waals surface area contributed by atoms with Gasteiger partial charge in [0.2, 0.25) is 5.82 Å². The minimum atomic E-state index is -0.581. The Labute approximate surface area is 178 Å². The van der Waals surface area contributed by atoms with Crippen LogP contribution in [0.15, 0.2) is 62.2 Å². The molecule has 0 unspecified atom stereocenters. The average molecular weight is 470 g/mol. The van der Waals surface area contributed by atoms with Crippen LogP contribution in [-0.4, -0.2) is 32.9 Å². The standard InChI is InChI=1S/C20H16BrN5O4/c1-2-29-20(28)22-15-7-8-16-13(9-18(27)30-17(16)10-15)11-26-24-19(23-25-26)12-3-5-14(21)6-4-12/h3-10H,2,11H2,1H3,(H,22,28).